The number of aliphatic hydroxyl groups excluding tert-OH is 9. The topological polar surface area (TPSA) is 391 Å². The van der Waals surface area contributed by atoms with E-state index in [1.165, 1.54) is 57.0 Å². The van der Waals surface area contributed by atoms with Crippen LogP contribution in [0, 0.1) is 38.0 Å². The number of nitrogens with one attached hydrogen (secondary N) is 3. The highest BCUT2D eigenvalue weighted by Gasteiger charge is 2.36. The van der Waals surface area contributed by atoms with Gasteiger partial charge >= 0.3 is 0 Å². The third-order valence-corrected chi connectivity index (χ3v) is 22.8. The van der Waals surface area contributed by atoms with Gasteiger partial charge in [0, 0.05) is 92.3 Å². The van der Waals surface area contributed by atoms with Gasteiger partial charge in [-0.25, -0.2) is 0 Å². The molecule has 0 aromatic heterocycles. The Labute approximate surface area is 629 Å². The molecule has 3 aromatic rings. The maximum atomic E-state index is 15.0. The molecule has 0 spiro atoms. The monoisotopic (exact) mass is 2240 g/mol. The van der Waals surface area contributed by atoms with Gasteiger partial charge in [0.25, 0.3) is 35.4 Å². The van der Waals surface area contributed by atoms with Crippen LogP contribution in [0.4, 0.5) is 17.1 Å². The molecule has 12 N–H and O–H groups in total. The Hall–Kier alpha value is -0.900. The molecule has 0 fully saturated rings. The molecule has 0 aliphatic heterocycles. The highest BCUT2D eigenvalue weighted by molar-refractivity contribution is 14.1. The number of carbonyl (C=O) groups is 9. The van der Waals surface area contributed by atoms with E-state index in [-0.39, 0.29) is 141 Å². The first-order chi connectivity index (χ1) is 41.1. The first-order valence-electron chi connectivity index (χ1n) is 25.9. The SMILES string of the molecule is CN(CCCC(CCN(C)C(=O)c1c(I)c(NC(=O)CO)c(I)c(C(=O)N(C)CC(O)CO)c1I)CN(C)C(=O)c1c(I)c(NC(=O)CO)c(I)c(C(=O)N(C)CC(O)CO)c1I)C(=O)c1c(I)c(NC(=O)CO)c(I)c(C(=O)N(C)CC(O)CO)c1I. The number of aliphatic hydroxyl groups is 9. The maximum absolute atomic E-state index is 15.0. The molecule has 3 aromatic carbocycles. The van der Waals surface area contributed by atoms with Gasteiger partial charge in [-0.2, -0.15) is 0 Å². The van der Waals surface area contributed by atoms with Crippen molar-refractivity contribution in [3.8, 4) is 0 Å². The van der Waals surface area contributed by atoms with Crippen LogP contribution < -0.4 is 16.0 Å². The van der Waals surface area contributed by atoms with Gasteiger partial charge in [0.2, 0.25) is 17.7 Å². The summed E-state index contributed by atoms with van der Waals surface area (Å²) in [6.07, 6.45) is -3.22. The summed E-state index contributed by atoms with van der Waals surface area (Å²) in [5.74, 6) is -6.82. The van der Waals surface area contributed by atoms with E-state index in [1.807, 2.05) is 203 Å². The number of carbonyl (C=O) groups excluding carboxylic acids is 9. The van der Waals surface area contributed by atoms with Crippen LogP contribution in [0.2, 0.25) is 0 Å². The van der Waals surface area contributed by atoms with Gasteiger partial charge in [0.15, 0.2) is 0 Å². The lowest BCUT2D eigenvalue weighted by Gasteiger charge is -2.29. The minimum atomic E-state index is -1.31. The summed E-state index contributed by atoms with van der Waals surface area (Å²) < 4.78 is 1.91. The zero-order chi connectivity index (χ0) is 67.1. The second-order valence-electron chi connectivity index (χ2n) is 19.8. The van der Waals surface area contributed by atoms with Crippen LogP contribution in [-0.2, 0) is 14.4 Å². The lowest BCUT2D eigenvalue weighted by molar-refractivity contribution is -0.119. The molecule has 0 saturated carbocycles. The highest BCUT2D eigenvalue weighted by atomic mass is 127. The van der Waals surface area contributed by atoms with Crippen LogP contribution in [0.15, 0.2) is 0 Å². The average molecular weight is 2250 g/mol. The van der Waals surface area contributed by atoms with Gasteiger partial charge in [0.05, 0.1) is 110 Å². The molecule has 0 heterocycles. The summed E-state index contributed by atoms with van der Waals surface area (Å²) in [5, 5.41) is 96.0. The van der Waals surface area contributed by atoms with Gasteiger partial charge in [-0.15, -0.1) is 0 Å². The number of rotatable bonds is 30. The van der Waals surface area contributed by atoms with E-state index in [0.29, 0.717) is 0 Å². The number of hydrogen-bond acceptors (Lipinski definition) is 18. The van der Waals surface area contributed by atoms with Crippen molar-refractivity contribution in [2.75, 3.05) is 137 Å². The Bertz CT molecular complexity index is 3150. The smallest absolute Gasteiger partial charge is 0.255 e. The molecule has 488 valence electrons. The Morgan fingerprint density at radius 2 is 0.568 bits per heavy atom. The molecule has 27 nitrogen and oxygen atoms in total. The zero-order valence-electron chi connectivity index (χ0n) is 47.7. The fraction of sp³-hybridized carbons (Fsp3) is 0.481. The molecule has 0 saturated heterocycles. The fourth-order valence-corrected chi connectivity index (χ4v) is 21.6. The fourth-order valence-electron chi connectivity index (χ4n) is 8.49. The third kappa shape index (κ3) is 20.8. The number of benzene rings is 3. The Balaban J connectivity index is 2.24. The normalized spacial score (nSPS) is 12.5. The summed E-state index contributed by atoms with van der Waals surface area (Å²) in [6.45, 7) is -5.59. The zero-order valence-corrected chi connectivity index (χ0v) is 67.1. The van der Waals surface area contributed by atoms with E-state index in [1.54, 1.807) is 0 Å². The van der Waals surface area contributed by atoms with Crippen molar-refractivity contribution in [1.82, 2.24) is 29.4 Å². The van der Waals surface area contributed by atoms with Crippen molar-refractivity contribution in [2.45, 2.75) is 37.6 Å². The molecule has 4 unspecified atom stereocenters. The summed E-state index contributed by atoms with van der Waals surface area (Å²) in [4.78, 5) is 133. The maximum Gasteiger partial charge on any atom is 0.255 e. The minimum Gasteiger partial charge on any atom is -0.394 e. The van der Waals surface area contributed by atoms with E-state index >= 15 is 4.79 Å². The molecular formula is C52H64I9N9O18. The minimum absolute atomic E-state index is 0.00354. The first kappa shape index (κ1) is 81.3. The predicted molar refractivity (Wildman–Crippen MR) is 399 cm³/mol. The van der Waals surface area contributed by atoms with E-state index in [0.717, 1.165) is 14.7 Å². The van der Waals surface area contributed by atoms with Gasteiger partial charge in [-0.1, -0.05) is 0 Å². The summed E-state index contributed by atoms with van der Waals surface area (Å²) >= 11 is 16.7. The number of nitrogens with zero attached hydrogens (tertiary/aromatic N) is 6. The van der Waals surface area contributed by atoms with Crippen molar-refractivity contribution < 1.29 is 89.1 Å². The molecular weight excluding hydrogens is 2180 g/mol. The molecule has 3 rings (SSSR count). The number of hydrogen-bond donors (Lipinski definition) is 12. The Morgan fingerprint density at radius 1 is 0.341 bits per heavy atom. The Morgan fingerprint density at radius 3 is 0.807 bits per heavy atom. The third-order valence-electron chi connectivity index (χ3n) is 13.1. The number of halogens is 9. The first-order valence-corrected chi connectivity index (χ1v) is 35.6. The van der Waals surface area contributed by atoms with Crippen LogP contribution in [0.25, 0.3) is 0 Å². The van der Waals surface area contributed by atoms with E-state index in [9.17, 15) is 84.3 Å². The molecule has 9 amide bonds. The summed E-state index contributed by atoms with van der Waals surface area (Å²) in [7, 11) is 8.67. The average Bonchev–Trinajstić information content (AvgIpc) is 0.915. The molecule has 4 atom stereocenters. The quantitative estimate of drug-likeness (QED) is 0.0427. The van der Waals surface area contributed by atoms with Crippen molar-refractivity contribution in [3.63, 3.8) is 0 Å². The van der Waals surface area contributed by atoms with Crippen molar-refractivity contribution in [3.05, 3.63) is 65.5 Å². The summed E-state index contributed by atoms with van der Waals surface area (Å²) in [5.41, 5.74) is 0.172. The predicted octanol–water partition coefficient (Wildman–Crippen LogP) is 2.60. The highest BCUT2D eigenvalue weighted by Crippen LogP contribution is 2.40. The van der Waals surface area contributed by atoms with Crippen LogP contribution in [0.3, 0.4) is 0 Å². The number of amides is 9. The van der Waals surface area contributed by atoms with Crippen LogP contribution in [0.1, 0.15) is 81.4 Å². The Kier molecular flexibility index (Phi) is 35.1. The van der Waals surface area contributed by atoms with E-state index < -0.39 is 117 Å². The van der Waals surface area contributed by atoms with Gasteiger partial charge in [0.1, 0.15) is 19.8 Å². The van der Waals surface area contributed by atoms with Crippen LogP contribution in [-0.4, -0.2) is 268 Å². The molecule has 36 heteroatoms. The van der Waals surface area contributed by atoms with Crippen molar-refractivity contribution >= 4 is 274 Å². The van der Waals surface area contributed by atoms with Crippen LogP contribution in [0.5, 0.6) is 0 Å². The standard InChI is InChI=1S/C52H64I9N9O18/c1-65(47(83)29-35(53)32(50(86)68(4)13-23(77)16-71)41(59)44(38(29)56)62-26(80)19-74)10-7-8-22(12-67(3)49(85)31-37(55)34(52(88)70(6)15-25(79)18-73)43(61)46(40(31)58)64-28(82)21-76)9-11-66(2)48(84)30-36(54)33(51(87)69(5)14-24(78)17-72)42(60)45(39(30)57)63-27(81)20-75/h22-25,71-79H,7-21H2,1-6H3,(H,62,80)(H,63,81)(H,64,82). The molecule has 0 radical (unpaired) electrons. The lowest BCUT2D eigenvalue weighted by Crippen LogP contribution is -2.39. The van der Waals surface area contributed by atoms with Gasteiger partial charge in [-0.05, 0) is 228 Å². The second kappa shape index (κ2) is 38.0. The largest absolute Gasteiger partial charge is 0.394 e. The molecule has 0 bridgehead atoms. The van der Waals surface area contributed by atoms with Crippen molar-refractivity contribution in [1.29, 1.82) is 0 Å². The number of anilines is 3. The molecule has 88 heavy (non-hydrogen) atoms. The van der Waals surface area contributed by atoms with Gasteiger partial charge < -0.3 is 91.3 Å². The molecule has 0 aliphatic rings. The molecule has 0 aliphatic carbocycles. The second-order valence-corrected chi connectivity index (χ2v) is 29.5. The van der Waals surface area contributed by atoms with E-state index in [4.69, 9.17) is 0 Å². The van der Waals surface area contributed by atoms with E-state index in [2.05, 4.69) is 16.0 Å². The summed E-state index contributed by atoms with van der Waals surface area (Å²) in [6, 6.07) is 0. The van der Waals surface area contributed by atoms with Gasteiger partial charge in [-0.3, -0.25) is 43.2 Å². The number of likely N-dealkylation sites (N-methyl/N-ethyl adjacent to an activating group) is 3. The lowest BCUT2D eigenvalue weighted by atomic mass is 9.97. The van der Waals surface area contributed by atoms with Crippen LogP contribution >= 0.6 is 203 Å². The van der Waals surface area contributed by atoms with Crippen molar-refractivity contribution in [2.24, 2.45) is 5.92 Å².